The number of piperazine rings is 1. The first-order valence-corrected chi connectivity index (χ1v) is 9.64. The molecule has 154 valence electrons. The van der Waals surface area contributed by atoms with Crippen molar-refractivity contribution in [2.24, 2.45) is 12.0 Å². The average molecular weight is 418 g/mol. The molecule has 1 saturated heterocycles. The molecule has 2 amide bonds. The van der Waals surface area contributed by atoms with Crippen LogP contribution in [0.4, 0.5) is 5.69 Å². The van der Waals surface area contributed by atoms with E-state index in [9.17, 15) is 9.59 Å². The highest BCUT2D eigenvalue weighted by Gasteiger charge is 2.27. The number of anilines is 1. The SMILES string of the molecule is CN=C(NCCNC(=O)c1ccccc1Cl)N1CCN(c2cnn(C)c2)C(=O)C1. The lowest BCUT2D eigenvalue weighted by atomic mass is 10.2. The zero-order valence-corrected chi connectivity index (χ0v) is 17.2. The monoisotopic (exact) mass is 417 g/mol. The molecule has 9 nitrogen and oxygen atoms in total. The molecule has 1 aromatic carbocycles. The van der Waals surface area contributed by atoms with Crippen LogP contribution in [0.25, 0.3) is 0 Å². The van der Waals surface area contributed by atoms with Crippen molar-refractivity contribution in [2.45, 2.75) is 0 Å². The highest BCUT2D eigenvalue weighted by atomic mass is 35.5. The largest absolute Gasteiger partial charge is 0.354 e. The lowest BCUT2D eigenvalue weighted by Gasteiger charge is -2.35. The molecule has 1 aliphatic heterocycles. The lowest BCUT2D eigenvalue weighted by Crippen LogP contribution is -2.55. The maximum atomic E-state index is 12.5. The van der Waals surface area contributed by atoms with Crippen LogP contribution in [-0.2, 0) is 11.8 Å². The van der Waals surface area contributed by atoms with E-state index in [0.717, 1.165) is 5.69 Å². The first-order chi connectivity index (χ1) is 14.0. The van der Waals surface area contributed by atoms with Gasteiger partial charge in [0.05, 0.1) is 22.5 Å². The zero-order chi connectivity index (χ0) is 20.8. The molecular formula is C19H24ClN7O2. The van der Waals surface area contributed by atoms with E-state index in [-0.39, 0.29) is 18.4 Å². The fourth-order valence-electron chi connectivity index (χ4n) is 3.10. The third-order valence-corrected chi connectivity index (χ3v) is 4.88. The number of halogens is 1. The Kier molecular flexibility index (Phi) is 6.71. The number of aryl methyl sites for hydroxylation is 1. The number of carbonyl (C=O) groups excluding carboxylic acids is 2. The maximum absolute atomic E-state index is 12.5. The Hall–Kier alpha value is -3.07. The van der Waals surface area contributed by atoms with Crippen molar-refractivity contribution in [1.29, 1.82) is 0 Å². The topological polar surface area (TPSA) is 94.9 Å². The number of nitrogens with zero attached hydrogens (tertiary/aromatic N) is 5. The molecule has 10 heteroatoms. The molecule has 29 heavy (non-hydrogen) atoms. The Morgan fingerprint density at radius 3 is 2.66 bits per heavy atom. The van der Waals surface area contributed by atoms with Crippen molar-refractivity contribution in [2.75, 3.05) is 44.7 Å². The number of amides is 2. The van der Waals surface area contributed by atoms with Gasteiger partial charge in [0.1, 0.15) is 6.54 Å². The van der Waals surface area contributed by atoms with Crippen LogP contribution in [0.5, 0.6) is 0 Å². The van der Waals surface area contributed by atoms with Crippen LogP contribution in [0, 0.1) is 0 Å². The summed E-state index contributed by atoms with van der Waals surface area (Å²) in [6, 6.07) is 6.90. The van der Waals surface area contributed by atoms with Gasteiger partial charge in [0.15, 0.2) is 5.96 Å². The van der Waals surface area contributed by atoms with E-state index in [0.29, 0.717) is 42.7 Å². The van der Waals surface area contributed by atoms with Crippen molar-refractivity contribution >= 4 is 35.1 Å². The predicted molar refractivity (Wildman–Crippen MR) is 112 cm³/mol. The molecule has 0 bridgehead atoms. The van der Waals surface area contributed by atoms with Gasteiger partial charge in [-0.2, -0.15) is 5.10 Å². The summed E-state index contributed by atoms with van der Waals surface area (Å²) in [6.07, 6.45) is 3.50. The summed E-state index contributed by atoms with van der Waals surface area (Å²) in [4.78, 5) is 32.6. The van der Waals surface area contributed by atoms with Crippen molar-refractivity contribution in [3.05, 3.63) is 47.2 Å². The number of guanidine groups is 1. The summed E-state index contributed by atoms with van der Waals surface area (Å²) < 4.78 is 1.67. The molecule has 0 unspecified atom stereocenters. The molecule has 0 saturated carbocycles. The van der Waals surface area contributed by atoms with E-state index in [4.69, 9.17) is 11.6 Å². The summed E-state index contributed by atoms with van der Waals surface area (Å²) in [5.74, 6) is 0.378. The molecule has 3 rings (SSSR count). The average Bonchev–Trinajstić information content (AvgIpc) is 3.14. The quantitative estimate of drug-likeness (QED) is 0.425. The van der Waals surface area contributed by atoms with Crippen molar-refractivity contribution < 1.29 is 9.59 Å². The van der Waals surface area contributed by atoms with Gasteiger partial charge in [-0.3, -0.25) is 19.3 Å². The van der Waals surface area contributed by atoms with Crippen LogP contribution in [0.3, 0.4) is 0 Å². The number of hydrogen-bond acceptors (Lipinski definition) is 4. The van der Waals surface area contributed by atoms with Gasteiger partial charge in [0, 0.05) is 46.5 Å². The Labute approximate surface area is 174 Å². The molecule has 2 aromatic rings. The van der Waals surface area contributed by atoms with E-state index >= 15 is 0 Å². The summed E-state index contributed by atoms with van der Waals surface area (Å²) in [5.41, 5.74) is 1.23. The van der Waals surface area contributed by atoms with Crippen molar-refractivity contribution in [3.63, 3.8) is 0 Å². The lowest BCUT2D eigenvalue weighted by molar-refractivity contribution is -0.120. The molecule has 0 spiro atoms. The third kappa shape index (κ3) is 5.05. The van der Waals surface area contributed by atoms with E-state index < -0.39 is 0 Å². The predicted octanol–water partition coefficient (Wildman–Crippen LogP) is 0.727. The van der Waals surface area contributed by atoms with Crippen molar-refractivity contribution in [3.8, 4) is 0 Å². The van der Waals surface area contributed by atoms with Crippen LogP contribution in [0.1, 0.15) is 10.4 Å². The summed E-state index contributed by atoms with van der Waals surface area (Å²) in [7, 11) is 3.49. The van der Waals surface area contributed by atoms with Gasteiger partial charge in [-0.05, 0) is 12.1 Å². The fourth-order valence-corrected chi connectivity index (χ4v) is 3.32. The smallest absolute Gasteiger partial charge is 0.252 e. The first kappa shape index (κ1) is 20.7. The molecule has 2 N–H and O–H groups in total. The van der Waals surface area contributed by atoms with Gasteiger partial charge in [-0.15, -0.1) is 0 Å². The minimum absolute atomic E-state index is 0.0146. The molecule has 0 atom stereocenters. The maximum Gasteiger partial charge on any atom is 0.252 e. The zero-order valence-electron chi connectivity index (χ0n) is 16.4. The van der Waals surface area contributed by atoms with E-state index in [1.807, 2.05) is 18.1 Å². The van der Waals surface area contributed by atoms with E-state index in [2.05, 4.69) is 20.7 Å². The fraction of sp³-hybridized carbons (Fsp3) is 0.368. The Balaban J connectivity index is 1.47. The number of carbonyl (C=O) groups is 2. The van der Waals surface area contributed by atoms with Crippen LogP contribution in [0.2, 0.25) is 5.02 Å². The van der Waals surface area contributed by atoms with Gasteiger partial charge in [-0.25, -0.2) is 0 Å². The Bertz CT molecular complexity index is 911. The second-order valence-corrected chi connectivity index (χ2v) is 6.96. The van der Waals surface area contributed by atoms with Gasteiger partial charge in [0.2, 0.25) is 5.91 Å². The summed E-state index contributed by atoms with van der Waals surface area (Å²) in [5, 5.41) is 10.5. The summed E-state index contributed by atoms with van der Waals surface area (Å²) in [6.45, 7) is 2.29. The van der Waals surface area contributed by atoms with Gasteiger partial charge in [0.25, 0.3) is 5.91 Å². The number of hydrogen-bond donors (Lipinski definition) is 2. The normalized spacial score (nSPS) is 14.9. The minimum atomic E-state index is -0.229. The Morgan fingerprint density at radius 1 is 1.24 bits per heavy atom. The second kappa shape index (κ2) is 9.42. The number of rotatable bonds is 5. The number of aromatic nitrogens is 2. The number of aliphatic imine (C=N–C) groups is 1. The van der Waals surface area contributed by atoms with Crippen LogP contribution < -0.4 is 15.5 Å². The molecule has 1 aromatic heterocycles. The van der Waals surface area contributed by atoms with E-state index in [1.165, 1.54) is 0 Å². The van der Waals surface area contributed by atoms with Crippen molar-refractivity contribution in [1.82, 2.24) is 25.3 Å². The number of benzene rings is 1. The molecular weight excluding hydrogens is 394 g/mol. The molecule has 0 aliphatic carbocycles. The van der Waals surface area contributed by atoms with Gasteiger partial charge in [-0.1, -0.05) is 23.7 Å². The highest BCUT2D eigenvalue weighted by molar-refractivity contribution is 6.33. The third-order valence-electron chi connectivity index (χ3n) is 4.55. The summed E-state index contributed by atoms with van der Waals surface area (Å²) >= 11 is 6.03. The second-order valence-electron chi connectivity index (χ2n) is 6.55. The van der Waals surface area contributed by atoms with Crippen LogP contribution in [0.15, 0.2) is 41.7 Å². The molecule has 1 aliphatic rings. The van der Waals surface area contributed by atoms with Gasteiger partial charge < -0.3 is 20.4 Å². The van der Waals surface area contributed by atoms with Crippen LogP contribution >= 0.6 is 11.6 Å². The molecule has 0 radical (unpaired) electrons. The number of nitrogens with one attached hydrogen (secondary N) is 2. The standard InChI is InChI=1S/C19H24ClN7O2/c1-21-19(23-8-7-22-18(29)15-5-3-4-6-16(15)20)26-9-10-27(17(28)13-26)14-11-24-25(2)12-14/h3-6,11-12H,7-10,13H2,1-2H3,(H,21,23)(H,22,29). The highest BCUT2D eigenvalue weighted by Crippen LogP contribution is 2.16. The molecule has 1 fully saturated rings. The van der Waals surface area contributed by atoms with Crippen LogP contribution in [-0.4, -0.2) is 72.2 Å². The molecule has 2 heterocycles. The van der Waals surface area contributed by atoms with Gasteiger partial charge >= 0.3 is 0 Å². The minimum Gasteiger partial charge on any atom is -0.354 e. The van der Waals surface area contributed by atoms with E-state index in [1.54, 1.807) is 47.1 Å². The first-order valence-electron chi connectivity index (χ1n) is 9.27. The Morgan fingerprint density at radius 2 is 2.00 bits per heavy atom.